The molecule has 1 aromatic rings. The average molecular weight is 1010 g/mol. The van der Waals surface area contributed by atoms with E-state index in [2.05, 4.69) is 51.1 Å². The van der Waals surface area contributed by atoms with Crippen molar-refractivity contribution in [2.45, 2.75) is 192 Å². The molecule has 4 aliphatic rings. The van der Waals surface area contributed by atoms with Crippen LogP contribution in [0.2, 0.25) is 0 Å². The van der Waals surface area contributed by atoms with E-state index in [0.29, 0.717) is 38.5 Å². The van der Waals surface area contributed by atoms with Gasteiger partial charge in [0.1, 0.15) is 19.3 Å². The standard InChI is InChI=1S/C57H94B2N6O6S/c1-9-21-43(4)25-30-60(6)50(66)37-55(71)65(72)29-20-14-17-24-46-32-44(22-15-12-18-27-63(58)53(69)38-51(67)61(7)56(5,11-3)26-10-2)31-45(33-46)23-16-13-19-28-64(59)54(70)39-52(68)62(8)57-40-47-34-48(41-57)36-49(35-47)42-57/h9-10,31-33,43,47-49,72H,1-2,11-30,34-42,58-59H2,3-8H3. The fourth-order valence-electron chi connectivity index (χ4n) is 12.1. The van der Waals surface area contributed by atoms with Crippen LogP contribution < -0.4 is 0 Å². The van der Waals surface area contributed by atoms with Crippen molar-refractivity contribution in [1.82, 2.24) is 28.6 Å². The summed E-state index contributed by atoms with van der Waals surface area (Å²) in [5.41, 5.74) is 3.53. The number of amides is 6. The summed E-state index contributed by atoms with van der Waals surface area (Å²) in [4.78, 5) is 87.1. The number of carbonyl (C=O) groups excluding carboxylic acids is 6. The number of thiol groups is 1. The van der Waals surface area contributed by atoms with Gasteiger partial charge in [0.15, 0.2) is 0 Å². The Labute approximate surface area is 443 Å². The number of nitrogens with zero attached hydrogens (tertiary/aromatic N) is 6. The van der Waals surface area contributed by atoms with E-state index in [-0.39, 0.29) is 65.8 Å². The van der Waals surface area contributed by atoms with E-state index in [9.17, 15) is 28.8 Å². The molecule has 400 valence electrons. The van der Waals surface area contributed by atoms with Gasteiger partial charge in [-0.25, -0.2) is 0 Å². The van der Waals surface area contributed by atoms with Crippen molar-refractivity contribution in [1.29, 1.82) is 0 Å². The van der Waals surface area contributed by atoms with Crippen molar-refractivity contribution in [3.8, 4) is 0 Å². The van der Waals surface area contributed by atoms with Crippen LogP contribution in [-0.2, 0) is 48.0 Å². The maximum absolute atomic E-state index is 13.5. The van der Waals surface area contributed by atoms with Gasteiger partial charge in [0.2, 0.25) is 51.4 Å². The first kappa shape index (κ1) is 60.6. The number of hydrogen-bond donors (Lipinski definition) is 1. The van der Waals surface area contributed by atoms with Gasteiger partial charge in [-0.3, -0.25) is 33.1 Å². The van der Waals surface area contributed by atoms with Crippen molar-refractivity contribution >= 4 is 64.2 Å². The number of unbranched alkanes of at least 4 members (excludes halogenated alkanes) is 6. The number of hydrogen-bond acceptors (Lipinski definition) is 7. The molecule has 0 aliphatic heterocycles. The van der Waals surface area contributed by atoms with Crippen LogP contribution in [-0.4, -0.2) is 138 Å². The zero-order valence-electron chi connectivity index (χ0n) is 46.2. The maximum atomic E-state index is 13.5. The third kappa shape index (κ3) is 18.7. The maximum Gasteiger partial charge on any atom is 0.241 e. The van der Waals surface area contributed by atoms with E-state index in [1.807, 2.05) is 45.9 Å². The summed E-state index contributed by atoms with van der Waals surface area (Å²) in [6, 6.07) is 7.00. The first-order chi connectivity index (χ1) is 34.2. The van der Waals surface area contributed by atoms with Crippen LogP contribution in [0.25, 0.3) is 0 Å². The van der Waals surface area contributed by atoms with Gasteiger partial charge in [-0.1, -0.05) is 76.3 Å². The smallest absolute Gasteiger partial charge is 0.241 e. The minimum Gasteiger partial charge on any atom is -0.393 e. The first-order valence-electron chi connectivity index (χ1n) is 27.8. The Morgan fingerprint density at radius 3 is 1.54 bits per heavy atom. The number of benzene rings is 1. The Kier molecular flexibility index (Phi) is 25.0. The molecule has 0 heterocycles. The molecule has 0 saturated heterocycles. The van der Waals surface area contributed by atoms with Crippen molar-refractivity contribution in [2.24, 2.45) is 23.7 Å². The fourth-order valence-corrected chi connectivity index (χ4v) is 12.3. The zero-order chi connectivity index (χ0) is 53.0. The molecule has 4 aliphatic carbocycles. The van der Waals surface area contributed by atoms with Crippen molar-refractivity contribution in [3.63, 3.8) is 0 Å². The fraction of sp³-hybridized carbons (Fsp3) is 0.719. The van der Waals surface area contributed by atoms with Gasteiger partial charge in [-0.15, -0.1) is 13.2 Å². The lowest BCUT2D eigenvalue weighted by Gasteiger charge is -2.59. The Morgan fingerprint density at radius 2 is 1.10 bits per heavy atom. The van der Waals surface area contributed by atoms with E-state index >= 15 is 0 Å². The quantitative estimate of drug-likeness (QED) is 0.0245. The van der Waals surface area contributed by atoms with Gasteiger partial charge < -0.3 is 24.3 Å². The molecule has 2 unspecified atom stereocenters. The molecular formula is C57H94B2N6O6S. The topological polar surface area (TPSA) is 122 Å². The first-order valence-corrected chi connectivity index (χ1v) is 28.2. The van der Waals surface area contributed by atoms with Crippen molar-refractivity contribution in [3.05, 3.63) is 60.2 Å². The Hall–Kier alpha value is -4.00. The molecule has 1 aromatic carbocycles. The molecule has 12 nitrogen and oxygen atoms in total. The van der Waals surface area contributed by atoms with Gasteiger partial charge in [-0.05, 0) is 169 Å². The molecular weight excluding hydrogens is 918 g/mol. The van der Waals surface area contributed by atoms with Gasteiger partial charge in [0.05, 0.1) is 0 Å². The average Bonchev–Trinajstić information content (AvgIpc) is 3.34. The second kappa shape index (κ2) is 29.8. The molecule has 6 amide bonds. The van der Waals surface area contributed by atoms with Gasteiger partial charge >= 0.3 is 0 Å². The predicted molar refractivity (Wildman–Crippen MR) is 300 cm³/mol. The third-order valence-electron chi connectivity index (χ3n) is 17.0. The van der Waals surface area contributed by atoms with E-state index in [0.717, 1.165) is 133 Å². The predicted octanol–water partition coefficient (Wildman–Crippen LogP) is 8.11. The van der Waals surface area contributed by atoms with Crippen LogP contribution in [0.4, 0.5) is 0 Å². The largest absolute Gasteiger partial charge is 0.393 e. The van der Waals surface area contributed by atoms with E-state index in [1.54, 1.807) is 41.5 Å². The minimum atomic E-state index is -0.359. The molecule has 0 aromatic heterocycles. The summed E-state index contributed by atoms with van der Waals surface area (Å²) in [5.74, 6) is 1.78. The lowest BCUT2D eigenvalue weighted by Crippen LogP contribution is -2.60. The molecule has 4 fully saturated rings. The third-order valence-corrected chi connectivity index (χ3v) is 17.4. The van der Waals surface area contributed by atoms with Crippen LogP contribution >= 0.6 is 12.8 Å². The summed E-state index contributed by atoms with van der Waals surface area (Å²) in [7, 11) is 9.10. The molecule has 2 atom stereocenters. The Morgan fingerprint density at radius 1 is 0.653 bits per heavy atom. The highest BCUT2D eigenvalue weighted by Gasteiger charge is 2.53. The monoisotopic (exact) mass is 1010 g/mol. The molecule has 0 radical (unpaired) electrons. The second-order valence-corrected chi connectivity index (χ2v) is 23.4. The lowest BCUT2D eigenvalue weighted by molar-refractivity contribution is -0.150. The molecule has 72 heavy (non-hydrogen) atoms. The number of carbonyl (C=O) groups is 6. The van der Waals surface area contributed by atoms with E-state index < -0.39 is 0 Å². The summed E-state index contributed by atoms with van der Waals surface area (Å²) in [6.07, 6.45) is 25.0. The summed E-state index contributed by atoms with van der Waals surface area (Å²) < 4.78 is 1.39. The normalized spacial score (nSPS) is 20.0. The lowest BCUT2D eigenvalue weighted by atomic mass is 9.52. The Balaban J connectivity index is 1.24. The van der Waals surface area contributed by atoms with Gasteiger partial charge in [0, 0.05) is 58.4 Å². The highest BCUT2D eigenvalue weighted by atomic mass is 32.1. The highest BCUT2D eigenvalue weighted by molar-refractivity contribution is 7.78. The van der Waals surface area contributed by atoms with E-state index in [1.165, 1.54) is 40.3 Å². The number of aryl methyl sites for hydroxylation is 3. The zero-order valence-corrected chi connectivity index (χ0v) is 47.1. The molecule has 15 heteroatoms. The van der Waals surface area contributed by atoms with Crippen LogP contribution in [0.1, 0.15) is 179 Å². The summed E-state index contributed by atoms with van der Waals surface area (Å²) in [5, 5.41) is 0. The van der Waals surface area contributed by atoms with Crippen molar-refractivity contribution in [2.75, 3.05) is 47.3 Å². The molecule has 5 rings (SSSR count). The van der Waals surface area contributed by atoms with Crippen LogP contribution in [0.15, 0.2) is 43.5 Å². The second-order valence-electron chi connectivity index (χ2n) is 22.9. The van der Waals surface area contributed by atoms with Crippen LogP contribution in [0.3, 0.4) is 0 Å². The van der Waals surface area contributed by atoms with Gasteiger partial charge in [-0.2, -0.15) is 0 Å². The van der Waals surface area contributed by atoms with Gasteiger partial charge in [0.25, 0.3) is 0 Å². The molecule has 4 saturated carbocycles. The van der Waals surface area contributed by atoms with E-state index in [4.69, 9.17) is 0 Å². The number of allylic oxidation sites excluding steroid dienone is 1. The number of rotatable bonds is 34. The highest BCUT2D eigenvalue weighted by Crippen LogP contribution is 2.57. The molecule has 4 bridgehead atoms. The summed E-state index contributed by atoms with van der Waals surface area (Å²) >= 11 is 4.44. The Bertz CT molecular complexity index is 1950. The van der Waals surface area contributed by atoms with Crippen LogP contribution in [0, 0.1) is 23.7 Å². The SMILES string of the molecule is BN(CCCCCc1cc(CCCCCN(B)C(=O)CC(=O)N(C)C23CC4CC(CC(C4)C2)C3)cc(CCCCCN(S)C(=O)CC(=O)N(C)CCC(C)CC=C)c1)C(=O)CC(=O)N(C)C(C)(CC)CC=C. The minimum absolute atomic E-state index is 0.0233. The molecule has 0 N–H and O–H groups in total. The van der Waals surface area contributed by atoms with Crippen molar-refractivity contribution < 1.29 is 28.8 Å². The summed E-state index contributed by atoms with van der Waals surface area (Å²) in [6.45, 7) is 16.2. The molecule has 0 spiro atoms. The van der Waals surface area contributed by atoms with Crippen LogP contribution in [0.5, 0.6) is 0 Å².